The average Bonchev–Trinajstić information content (AvgIpc) is 2.50. The molecule has 16 heavy (non-hydrogen) atoms. The molecule has 4 nitrogen and oxygen atoms in total. The molecule has 0 N–H and O–H groups in total. The Balaban J connectivity index is 1.92. The molecule has 0 aromatic carbocycles. The monoisotopic (exact) mass is 223 g/mol. The van der Waals surface area contributed by atoms with Gasteiger partial charge in [0.25, 0.3) is 5.79 Å². The lowest BCUT2D eigenvalue weighted by molar-refractivity contribution is -0.234. The van der Waals surface area contributed by atoms with Gasteiger partial charge in [0, 0.05) is 13.3 Å². The van der Waals surface area contributed by atoms with Crippen LogP contribution in [0.4, 0.5) is 0 Å². The summed E-state index contributed by atoms with van der Waals surface area (Å²) in [6, 6.07) is 0. The molecule has 88 valence electrons. The van der Waals surface area contributed by atoms with Crippen molar-refractivity contribution in [3.8, 4) is 0 Å². The van der Waals surface area contributed by atoms with Crippen molar-refractivity contribution >= 4 is 11.7 Å². The summed E-state index contributed by atoms with van der Waals surface area (Å²) in [5.74, 6) is 0.256. The van der Waals surface area contributed by atoms with E-state index >= 15 is 0 Å². The summed E-state index contributed by atoms with van der Waals surface area (Å²) in [7, 11) is 0. The number of ether oxygens (including phenoxy) is 1. The third kappa shape index (κ3) is 1.00. The first-order valence-corrected chi connectivity index (χ1v) is 5.81. The van der Waals surface area contributed by atoms with Crippen LogP contribution >= 0.6 is 0 Å². The van der Waals surface area contributed by atoms with Gasteiger partial charge in [0.05, 0.1) is 11.6 Å². The number of oxime groups is 1. The highest BCUT2D eigenvalue weighted by atomic mass is 16.8. The molecule has 0 aromatic heterocycles. The van der Waals surface area contributed by atoms with Gasteiger partial charge in [-0.1, -0.05) is 19.0 Å². The molecule has 2 fully saturated rings. The molecule has 1 heterocycles. The number of nitrogens with zero attached hydrogens (tertiary/aromatic N) is 1. The number of esters is 1. The number of rotatable bonds is 1. The molecule has 3 rings (SSSR count). The van der Waals surface area contributed by atoms with Crippen molar-refractivity contribution < 1.29 is 14.4 Å². The molecule has 1 aliphatic heterocycles. The molecule has 0 amide bonds. The molecule has 0 radical (unpaired) electrons. The van der Waals surface area contributed by atoms with Crippen LogP contribution in [0.15, 0.2) is 5.16 Å². The van der Waals surface area contributed by atoms with Crippen molar-refractivity contribution in [2.24, 2.45) is 28.3 Å². The summed E-state index contributed by atoms with van der Waals surface area (Å²) in [5, 5.41) is 4.03. The topological polar surface area (TPSA) is 47.9 Å². The van der Waals surface area contributed by atoms with Gasteiger partial charge in [-0.25, -0.2) is 0 Å². The van der Waals surface area contributed by atoms with Crippen LogP contribution in [0.3, 0.4) is 0 Å². The Morgan fingerprint density at radius 1 is 1.56 bits per heavy atom. The first-order valence-electron chi connectivity index (χ1n) is 5.81. The highest BCUT2D eigenvalue weighted by molar-refractivity contribution is 5.88. The van der Waals surface area contributed by atoms with Crippen LogP contribution in [0.5, 0.6) is 0 Å². The number of fused-ring (bicyclic) bond motifs is 3. The van der Waals surface area contributed by atoms with Crippen LogP contribution in [0.1, 0.15) is 34.1 Å². The zero-order valence-corrected chi connectivity index (χ0v) is 10.1. The van der Waals surface area contributed by atoms with Crippen molar-refractivity contribution in [1.82, 2.24) is 0 Å². The standard InChI is InChI=1S/C12H17NO3/c1-6-9-10-8(11(10,3)4)5-12(9,16-13-6)15-7(2)14/h8-10H,5H2,1-4H3/t8-,9+,10-,12-/m1/s1. The molecular formula is C12H17NO3. The largest absolute Gasteiger partial charge is 0.420 e. The second-order valence-corrected chi connectivity index (χ2v) is 5.86. The number of carbonyl (C=O) groups excluding carboxylic acids is 1. The van der Waals surface area contributed by atoms with Crippen molar-refractivity contribution in [3.05, 3.63) is 0 Å². The third-order valence-corrected chi connectivity index (χ3v) is 4.59. The number of hydrogen-bond acceptors (Lipinski definition) is 4. The van der Waals surface area contributed by atoms with E-state index in [1.54, 1.807) is 0 Å². The lowest BCUT2D eigenvalue weighted by Gasteiger charge is -2.30. The minimum absolute atomic E-state index is 0.163. The first kappa shape index (κ1) is 10.1. The Morgan fingerprint density at radius 2 is 2.25 bits per heavy atom. The Bertz CT molecular complexity index is 401. The molecule has 0 unspecified atom stereocenters. The summed E-state index contributed by atoms with van der Waals surface area (Å²) in [6.07, 6.45) is 0.787. The van der Waals surface area contributed by atoms with Crippen molar-refractivity contribution in [2.45, 2.75) is 39.9 Å². The maximum atomic E-state index is 11.2. The van der Waals surface area contributed by atoms with E-state index in [2.05, 4.69) is 19.0 Å². The van der Waals surface area contributed by atoms with Gasteiger partial charge in [0.2, 0.25) is 0 Å². The van der Waals surface area contributed by atoms with Crippen molar-refractivity contribution in [3.63, 3.8) is 0 Å². The minimum atomic E-state index is -0.777. The molecule has 0 spiro atoms. The SMILES string of the molecule is CC(=O)O[C@@]12C[C@@H]3[C@H]([C@@H]1C(C)=NO2)C3(C)C. The molecular weight excluding hydrogens is 206 g/mol. The maximum Gasteiger partial charge on any atom is 0.305 e. The van der Waals surface area contributed by atoms with Gasteiger partial charge >= 0.3 is 5.97 Å². The smallest absolute Gasteiger partial charge is 0.305 e. The van der Waals surface area contributed by atoms with E-state index < -0.39 is 5.79 Å². The third-order valence-electron chi connectivity index (χ3n) is 4.59. The molecule has 0 saturated heterocycles. The highest BCUT2D eigenvalue weighted by Gasteiger charge is 2.77. The van der Waals surface area contributed by atoms with Crippen LogP contribution in [0.2, 0.25) is 0 Å². The van der Waals surface area contributed by atoms with Crippen LogP contribution in [-0.4, -0.2) is 17.5 Å². The summed E-state index contributed by atoms with van der Waals surface area (Å²) < 4.78 is 5.41. The number of carbonyl (C=O) groups is 1. The predicted octanol–water partition coefficient (Wildman–Crippen LogP) is 1.94. The van der Waals surface area contributed by atoms with Crippen molar-refractivity contribution in [2.75, 3.05) is 0 Å². The zero-order chi connectivity index (χ0) is 11.7. The molecule has 4 heteroatoms. The molecule has 3 aliphatic rings. The lowest BCUT2D eigenvalue weighted by atomic mass is 9.86. The molecule has 2 saturated carbocycles. The normalized spacial score (nSPS) is 46.5. The maximum absolute atomic E-state index is 11.2. The van der Waals surface area contributed by atoms with Gasteiger partial charge in [-0.3, -0.25) is 4.79 Å². The van der Waals surface area contributed by atoms with Gasteiger partial charge in [0.1, 0.15) is 0 Å². The zero-order valence-electron chi connectivity index (χ0n) is 10.1. The average molecular weight is 223 g/mol. The molecule has 2 aliphatic carbocycles. The van der Waals surface area contributed by atoms with Gasteiger partial charge in [-0.2, -0.15) is 0 Å². The van der Waals surface area contributed by atoms with Crippen LogP contribution in [0.25, 0.3) is 0 Å². The van der Waals surface area contributed by atoms with Gasteiger partial charge in [-0.05, 0) is 24.2 Å². The van der Waals surface area contributed by atoms with Gasteiger partial charge < -0.3 is 9.57 Å². The van der Waals surface area contributed by atoms with Crippen LogP contribution < -0.4 is 0 Å². The Kier molecular flexibility index (Phi) is 1.65. The fourth-order valence-electron chi connectivity index (χ4n) is 3.79. The second kappa shape index (κ2) is 2.60. The van der Waals surface area contributed by atoms with Gasteiger partial charge in [-0.15, -0.1) is 0 Å². The Hall–Kier alpha value is -1.06. The summed E-state index contributed by atoms with van der Waals surface area (Å²) in [5.41, 5.74) is 1.32. The first-order chi connectivity index (χ1) is 7.38. The van der Waals surface area contributed by atoms with E-state index in [1.807, 2.05) is 6.92 Å². The quantitative estimate of drug-likeness (QED) is 0.638. The van der Waals surface area contributed by atoms with E-state index in [9.17, 15) is 4.79 Å². The van der Waals surface area contributed by atoms with E-state index in [0.29, 0.717) is 17.3 Å². The molecule has 0 aromatic rings. The molecule has 4 atom stereocenters. The van der Waals surface area contributed by atoms with Crippen LogP contribution in [0, 0.1) is 23.2 Å². The fourth-order valence-corrected chi connectivity index (χ4v) is 3.79. The van der Waals surface area contributed by atoms with Crippen molar-refractivity contribution in [1.29, 1.82) is 0 Å². The molecule has 0 bridgehead atoms. The van der Waals surface area contributed by atoms with E-state index in [1.165, 1.54) is 6.92 Å². The fraction of sp³-hybridized carbons (Fsp3) is 0.833. The highest BCUT2D eigenvalue weighted by Crippen LogP contribution is 2.73. The van der Waals surface area contributed by atoms with E-state index in [-0.39, 0.29) is 11.9 Å². The minimum Gasteiger partial charge on any atom is -0.420 e. The second-order valence-electron chi connectivity index (χ2n) is 5.86. The predicted molar refractivity (Wildman–Crippen MR) is 57.6 cm³/mol. The summed E-state index contributed by atoms with van der Waals surface area (Å²) in [6.45, 7) is 7.93. The Labute approximate surface area is 95.0 Å². The van der Waals surface area contributed by atoms with Gasteiger partial charge in [0.15, 0.2) is 0 Å². The van der Waals surface area contributed by atoms with E-state index in [4.69, 9.17) is 9.57 Å². The van der Waals surface area contributed by atoms with Crippen LogP contribution in [-0.2, 0) is 14.4 Å². The Morgan fingerprint density at radius 3 is 2.88 bits per heavy atom. The van der Waals surface area contributed by atoms with E-state index in [0.717, 1.165) is 12.1 Å². The summed E-state index contributed by atoms with van der Waals surface area (Å²) in [4.78, 5) is 16.6. The summed E-state index contributed by atoms with van der Waals surface area (Å²) >= 11 is 0. The lowest BCUT2D eigenvalue weighted by Crippen LogP contribution is -2.42. The number of hydrogen-bond donors (Lipinski definition) is 0.